The summed E-state index contributed by atoms with van der Waals surface area (Å²) in [5.74, 6) is -3.83. The van der Waals surface area contributed by atoms with Crippen LogP contribution in [0.2, 0.25) is 0 Å². The van der Waals surface area contributed by atoms with Gasteiger partial charge < -0.3 is 16.2 Å². The number of unbranched alkanes of at least 4 members (excludes halogenated alkanes) is 1. The number of Topliss-reactive ketones (excluding diaryl/α,β-unsaturated/α-hetero) is 1. The highest BCUT2D eigenvalue weighted by atomic mass is 16.4. The minimum absolute atomic E-state index is 0.00995. The molecular weight excluding hydrogens is 338 g/mol. The summed E-state index contributed by atoms with van der Waals surface area (Å²) in [5.41, 5.74) is 4.07. The van der Waals surface area contributed by atoms with Gasteiger partial charge in [-0.25, -0.2) is 0 Å². The third kappa shape index (κ3) is 3.85. The molecule has 2 amide bonds. The average molecular weight is 365 g/mol. The van der Waals surface area contributed by atoms with Gasteiger partial charge in [0.2, 0.25) is 11.8 Å². The molecule has 2 rings (SSSR count). The second-order valence-electron chi connectivity index (χ2n) is 7.20. The fourth-order valence-corrected chi connectivity index (χ4v) is 4.10. The maximum absolute atomic E-state index is 13.3. The van der Waals surface area contributed by atoms with E-state index in [-0.39, 0.29) is 38.0 Å². The van der Waals surface area contributed by atoms with E-state index in [2.05, 4.69) is 0 Å². The summed E-state index contributed by atoms with van der Waals surface area (Å²) in [6.07, 6.45) is 4.13. The summed E-state index contributed by atoms with van der Waals surface area (Å²) in [5, 5.41) is 17.0. The Morgan fingerprint density at radius 3 is 2.27 bits per heavy atom. The van der Waals surface area contributed by atoms with Gasteiger partial charge in [0.25, 0.3) is 0 Å². The molecule has 0 bridgehead atoms. The van der Waals surface area contributed by atoms with Crippen LogP contribution >= 0.6 is 0 Å². The Bertz CT molecular complexity index is 580. The Balaban J connectivity index is 2.34. The van der Waals surface area contributed by atoms with Crippen LogP contribution in [0.1, 0.15) is 57.8 Å². The van der Waals surface area contributed by atoms with Crippen LogP contribution in [0.3, 0.4) is 0 Å². The molecule has 8 heteroatoms. The van der Waals surface area contributed by atoms with E-state index in [0.717, 1.165) is 4.90 Å². The Labute approximate surface area is 152 Å². The Kier molecular flexibility index (Phi) is 6.63. The predicted octanol–water partition coefficient (Wildman–Crippen LogP) is 1.11. The number of imide groups is 1. The number of amides is 2. The van der Waals surface area contributed by atoms with E-state index in [0.29, 0.717) is 32.2 Å². The highest BCUT2D eigenvalue weighted by molar-refractivity contribution is 6.11. The van der Waals surface area contributed by atoms with Crippen LogP contribution in [0.5, 0.6) is 0 Å². The van der Waals surface area contributed by atoms with Crippen molar-refractivity contribution >= 4 is 29.8 Å². The van der Waals surface area contributed by atoms with E-state index in [9.17, 15) is 24.3 Å². The molecule has 2 fully saturated rings. The highest BCUT2D eigenvalue weighted by Gasteiger charge is 2.55. The quantitative estimate of drug-likeness (QED) is 0.242. The second-order valence-corrected chi connectivity index (χ2v) is 7.20. The first kappa shape index (κ1) is 20.2. The lowest BCUT2D eigenvalue weighted by atomic mass is 9.70. The van der Waals surface area contributed by atoms with Crippen molar-refractivity contribution in [1.82, 2.24) is 4.90 Å². The number of carboxylic acid groups (broad SMARTS) is 1. The van der Waals surface area contributed by atoms with Gasteiger partial charge in [0, 0.05) is 12.8 Å². The van der Waals surface area contributed by atoms with Gasteiger partial charge in [0.15, 0.2) is 5.78 Å². The van der Waals surface area contributed by atoms with Crippen molar-refractivity contribution in [3.8, 4) is 0 Å². The number of nitrogens with one attached hydrogen (secondary N) is 1. The zero-order valence-electron chi connectivity index (χ0n) is 14.9. The molecule has 1 atom stereocenters. The summed E-state index contributed by atoms with van der Waals surface area (Å²) < 4.78 is 0. The molecule has 2 aliphatic rings. The number of hydrogen-bond acceptors (Lipinski definition) is 6. The van der Waals surface area contributed by atoms with E-state index < -0.39 is 35.0 Å². The van der Waals surface area contributed by atoms with E-state index in [1.807, 2.05) is 0 Å². The summed E-state index contributed by atoms with van der Waals surface area (Å²) in [6, 6.07) is 0. The zero-order valence-corrected chi connectivity index (χ0v) is 14.9. The molecule has 0 aromatic heterocycles. The molecule has 0 radical (unpaired) electrons. The lowest BCUT2D eigenvalue weighted by Gasteiger charge is -2.44. The number of carboxylic acids is 1. The van der Waals surface area contributed by atoms with Crippen molar-refractivity contribution in [2.45, 2.75) is 63.3 Å². The molecule has 0 aromatic carbocycles. The van der Waals surface area contributed by atoms with Gasteiger partial charge in [-0.3, -0.25) is 24.1 Å². The number of rotatable bonds is 9. The van der Waals surface area contributed by atoms with Crippen molar-refractivity contribution in [1.29, 1.82) is 5.41 Å². The summed E-state index contributed by atoms with van der Waals surface area (Å²) in [4.78, 5) is 50.8. The van der Waals surface area contributed by atoms with Crippen molar-refractivity contribution in [3.05, 3.63) is 0 Å². The second kappa shape index (κ2) is 8.53. The monoisotopic (exact) mass is 365 g/mol. The maximum Gasteiger partial charge on any atom is 0.314 e. The molecule has 1 heterocycles. The Morgan fingerprint density at radius 2 is 1.81 bits per heavy atom. The van der Waals surface area contributed by atoms with E-state index in [4.69, 9.17) is 11.1 Å². The summed E-state index contributed by atoms with van der Waals surface area (Å²) in [6.45, 7) is 0.412. The third-order valence-electron chi connectivity index (χ3n) is 5.59. The molecule has 26 heavy (non-hydrogen) atoms. The van der Waals surface area contributed by atoms with Gasteiger partial charge in [0.05, 0.1) is 0 Å². The van der Waals surface area contributed by atoms with Crippen molar-refractivity contribution < 1.29 is 24.3 Å². The number of ketones is 1. The fourth-order valence-electron chi connectivity index (χ4n) is 4.10. The minimum atomic E-state index is -1.38. The van der Waals surface area contributed by atoms with Crippen LogP contribution in [-0.2, 0) is 19.2 Å². The van der Waals surface area contributed by atoms with E-state index >= 15 is 0 Å². The molecule has 144 valence electrons. The van der Waals surface area contributed by atoms with Gasteiger partial charge in [-0.1, -0.05) is 6.42 Å². The third-order valence-corrected chi connectivity index (χ3v) is 5.59. The lowest BCUT2D eigenvalue weighted by Crippen LogP contribution is -2.61. The van der Waals surface area contributed by atoms with Crippen molar-refractivity contribution in [3.63, 3.8) is 0 Å². The Hall–Kier alpha value is -2.09. The van der Waals surface area contributed by atoms with Crippen LogP contribution in [0.15, 0.2) is 0 Å². The van der Waals surface area contributed by atoms with E-state index in [1.165, 1.54) is 6.21 Å². The molecule has 0 aromatic rings. The highest BCUT2D eigenvalue weighted by Crippen LogP contribution is 2.41. The number of carbonyl (C=O) groups is 4. The SMILES string of the molecule is N=CC1CCC(C(=O)C(CCCCN)C(=O)O)(N2C(=O)CCC2=O)CC1. The number of likely N-dealkylation sites (tertiary alicyclic amines) is 1. The number of aliphatic carboxylic acids is 1. The smallest absolute Gasteiger partial charge is 0.314 e. The molecule has 1 unspecified atom stereocenters. The fraction of sp³-hybridized carbons (Fsp3) is 0.722. The van der Waals surface area contributed by atoms with Gasteiger partial charge in [-0.15, -0.1) is 0 Å². The lowest BCUT2D eigenvalue weighted by molar-refractivity contribution is -0.161. The summed E-state index contributed by atoms with van der Waals surface area (Å²) >= 11 is 0. The zero-order chi connectivity index (χ0) is 19.3. The molecular formula is C18H27N3O5. The van der Waals surface area contributed by atoms with Crippen LogP contribution in [-0.4, -0.2) is 51.9 Å². The molecule has 4 N–H and O–H groups in total. The minimum Gasteiger partial charge on any atom is -0.481 e. The molecule has 1 saturated heterocycles. The largest absolute Gasteiger partial charge is 0.481 e. The summed E-state index contributed by atoms with van der Waals surface area (Å²) in [7, 11) is 0. The molecule has 1 aliphatic heterocycles. The van der Waals surface area contributed by atoms with Crippen LogP contribution < -0.4 is 5.73 Å². The van der Waals surface area contributed by atoms with Crippen LogP contribution in [0.25, 0.3) is 0 Å². The standard InChI is InChI=1S/C18H27N3O5/c19-10-2-1-3-13(17(25)26)16(24)18(8-6-12(11-20)7-9-18)21-14(22)4-5-15(21)23/h11-13,20H,1-10,19H2,(H,25,26). The Morgan fingerprint density at radius 1 is 1.23 bits per heavy atom. The van der Waals surface area contributed by atoms with Crippen molar-refractivity contribution in [2.75, 3.05) is 6.54 Å². The molecule has 8 nitrogen and oxygen atoms in total. The predicted molar refractivity (Wildman–Crippen MR) is 93.6 cm³/mol. The van der Waals surface area contributed by atoms with Gasteiger partial charge in [-0.2, -0.15) is 0 Å². The van der Waals surface area contributed by atoms with Crippen LogP contribution in [0.4, 0.5) is 0 Å². The van der Waals surface area contributed by atoms with Gasteiger partial charge in [-0.05, 0) is 57.2 Å². The normalized spacial score (nSPS) is 27.4. The topological polar surface area (TPSA) is 142 Å². The first-order chi connectivity index (χ1) is 12.4. The van der Waals surface area contributed by atoms with E-state index in [1.54, 1.807) is 0 Å². The number of nitrogens with two attached hydrogens (primary N) is 1. The average Bonchev–Trinajstić information content (AvgIpc) is 2.97. The maximum atomic E-state index is 13.3. The van der Waals surface area contributed by atoms with Gasteiger partial charge >= 0.3 is 5.97 Å². The first-order valence-corrected chi connectivity index (χ1v) is 9.21. The molecule has 1 saturated carbocycles. The van der Waals surface area contributed by atoms with Gasteiger partial charge in [0.1, 0.15) is 11.5 Å². The number of hydrogen-bond donors (Lipinski definition) is 3. The van der Waals surface area contributed by atoms with Crippen molar-refractivity contribution in [2.24, 2.45) is 17.6 Å². The first-order valence-electron chi connectivity index (χ1n) is 9.21. The number of nitrogens with zero attached hydrogens (tertiary/aromatic N) is 1. The molecule has 0 spiro atoms. The molecule has 1 aliphatic carbocycles. The number of carbonyl (C=O) groups excluding carboxylic acids is 3. The van der Waals surface area contributed by atoms with Crippen LogP contribution in [0, 0.1) is 17.2 Å².